The first-order valence-corrected chi connectivity index (χ1v) is 7.07. The summed E-state index contributed by atoms with van der Waals surface area (Å²) in [5.41, 5.74) is 2.26. The fourth-order valence-electron chi connectivity index (χ4n) is 2.55. The predicted molar refractivity (Wildman–Crippen MR) is 90.2 cm³/mol. The van der Waals surface area contributed by atoms with Crippen LogP contribution >= 0.6 is 12.4 Å². The van der Waals surface area contributed by atoms with E-state index in [0.29, 0.717) is 6.54 Å². The molecule has 0 bridgehead atoms. The van der Waals surface area contributed by atoms with Crippen LogP contribution in [0.15, 0.2) is 28.7 Å². The number of benzene rings is 1. The Kier molecular flexibility index (Phi) is 6.78. The molecule has 4 nitrogen and oxygen atoms in total. The van der Waals surface area contributed by atoms with Gasteiger partial charge in [0.05, 0.1) is 14.2 Å². The number of rotatable bonds is 6. The second-order valence-electron chi connectivity index (χ2n) is 5.12. The van der Waals surface area contributed by atoms with Gasteiger partial charge in [0.2, 0.25) is 0 Å². The lowest BCUT2D eigenvalue weighted by atomic mass is 10.1. The molecule has 2 rings (SSSR count). The molecule has 22 heavy (non-hydrogen) atoms. The lowest BCUT2D eigenvalue weighted by molar-refractivity contribution is 0.350. The van der Waals surface area contributed by atoms with Gasteiger partial charge >= 0.3 is 0 Å². The molecule has 2 aromatic rings. The van der Waals surface area contributed by atoms with E-state index in [0.717, 1.165) is 28.6 Å². The minimum atomic E-state index is 0. The number of nitrogens with one attached hydrogen (secondary N) is 1. The van der Waals surface area contributed by atoms with Crippen molar-refractivity contribution in [1.82, 2.24) is 5.32 Å². The van der Waals surface area contributed by atoms with Crippen LogP contribution in [0.1, 0.15) is 35.6 Å². The van der Waals surface area contributed by atoms with Crippen LogP contribution in [0.4, 0.5) is 0 Å². The molecule has 0 aliphatic rings. The summed E-state index contributed by atoms with van der Waals surface area (Å²) in [5.74, 6) is 3.43. The van der Waals surface area contributed by atoms with E-state index in [4.69, 9.17) is 13.9 Å². The first-order chi connectivity index (χ1) is 10.1. The SMILES string of the molecule is COc1cccc(CNC(C)c2cc(C)oc2C)c1OC.Cl. The third kappa shape index (κ3) is 3.96. The highest BCUT2D eigenvalue weighted by Crippen LogP contribution is 2.31. The highest BCUT2D eigenvalue weighted by Gasteiger charge is 2.14. The summed E-state index contributed by atoms with van der Waals surface area (Å²) in [7, 11) is 3.31. The number of ether oxygens (including phenoxy) is 2. The Labute approximate surface area is 138 Å². The van der Waals surface area contributed by atoms with E-state index in [2.05, 4.69) is 18.3 Å². The largest absolute Gasteiger partial charge is 0.493 e. The van der Waals surface area contributed by atoms with Crippen LogP contribution in [0, 0.1) is 13.8 Å². The fourth-order valence-corrected chi connectivity index (χ4v) is 2.55. The normalized spacial score (nSPS) is 11.7. The molecule has 1 heterocycles. The number of aryl methyl sites for hydroxylation is 2. The molecule has 0 aliphatic carbocycles. The van der Waals surface area contributed by atoms with Gasteiger partial charge in [0.15, 0.2) is 11.5 Å². The van der Waals surface area contributed by atoms with Crippen LogP contribution in [0.3, 0.4) is 0 Å². The molecule has 1 atom stereocenters. The molecule has 0 aliphatic heterocycles. The zero-order valence-electron chi connectivity index (χ0n) is 13.7. The number of hydrogen-bond donors (Lipinski definition) is 1. The Hall–Kier alpha value is -1.65. The van der Waals surface area contributed by atoms with Crippen LogP contribution < -0.4 is 14.8 Å². The van der Waals surface area contributed by atoms with Gasteiger partial charge in [-0.2, -0.15) is 0 Å². The molecule has 0 radical (unpaired) electrons. The molecule has 0 spiro atoms. The molecule has 5 heteroatoms. The van der Waals surface area contributed by atoms with Crippen LogP contribution in [-0.2, 0) is 6.54 Å². The second kappa shape index (κ2) is 8.11. The number of halogens is 1. The highest BCUT2D eigenvalue weighted by molar-refractivity contribution is 5.85. The topological polar surface area (TPSA) is 43.6 Å². The minimum Gasteiger partial charge on any atom is -0.493 e. The van der Waals surface area contributed by atoms with E-state index >= 15 is 0 Å². The maximum absolute atomic E-state index is 5.58. The van der Waals surface area contributed by atoms with Gasteiger partial charge in [-0.05, 0) is 32.9 Å². The van der Waals surface area contributed by atoms with Crippen LogP contribution in [0.25, 0.3) is 0 Å². The van der Waals surface area contributed by atoms with Gasteiger partial charge in [-0.25, -0.2) is 0 Å². The van der Waals surface area contributed by atoms with Crippen LogP contribution in [0.5, 0.6) is 11.5 Å². The lowest BCUT2D eigenvalue weighted by Gasteiger charge is -2.16. The molecule has 0 amide bonds. The van der Waals surface area contributed by atoms with Gasteiger partial charge in [-0.1, -0.05) is 12.1 Å². The first kappa shape index (κ1) is 18.4. The molecule has 0 saturated heterocycles. The second-order valence-corrected chi connectivity index (χ2v) is 5.12. The van der Waals surface area contributed by atoms with Gasteiger partial charge in [-0.15, -0.1) is 12.4 Å². The standard InChI is InChI=1S/C17H23NO3.ClH/c1-11-9-15(13(3)21-11)12(2)18-10-14-7-6-8-16(19-4)17(14)20-5;/h6-9,12,18H,10H2,1-5H3;1H. The molecule has 1 unspecified atom stereocenters. The summed E-state index contributed by atoms with van der Waals surface area (Å²) >= 11 is 0. The van der Waals surface area contributed by atoms with E-state index < -0.39 is 0 Å². The fraction of sp³-hybridized carbons (Fsp3) is 0.412. The van der Waals surface area contributed by atoms with E-state index in [1.54, 1.807) is 14.2 Å². The molecule has 1 N–H and O–H groups in total. The molecule has 0 fully saturated rings. The number of para-hydroxylation sites is 1. The van der Waals surface area contributed by atoms with Crippen molar-refractivity contribution in [3.05, 3.63) is 46.9 Å². The summed E-state index contributed by atoms with van der Waals surface area (Å²) in [6.45, 7) is 6.79. The summed E-state index contributed by atoms with van der Waals surface area (Å²) in [4.78, 5) is 0. The molecular weight excluding hydrogens is 302 g/mol. The average molecular weight is 326 g/mol. The highest BCUT2D eigenvalue weighted by atomic mass is 35.5. The average Bonchev–Trinajstić information content (AvgIpc) is 2.82. The minimum absolute atomic E-state index is 0. The quantitative estimate of drug-likeness (QED) is 0.865. The Morgan fingerprint density at radius 2 is 1.91 bits per heavy atom. The van der Waals surface area contributed by atoms with Gasteiger partial charge in [0, 0.05) is 23.7 Å². The van der Waals surface area contributed by atoms with E-state index in [9.17, 15) is 0 Å². The zero-order valence-corrected chi connectivity index (χ0v) is 14.5. The third-order valence-electron chi connectivity index (χ3n) is 3.63. The third-order valence-corrected chi connectivity index (χ3v) is 3.63. The number of methoxy groups -OCH3 is 2. The Morgan fingerprint density at radius 3 is 2.45 bits per heavy atom. The van der Waals surface area contributed by atoms with Crippen molar-refractivity contribution in [2.24, 2.45) is 0 Å². The summed E-state index contributed by atoms with van der Waals surface area (Å²) in [6.07, 6.45) is 0. The maximum Gasteiger partial charge on any atom is 0.165 e. The van der Waals surface area contributed by atoms with Crippen LogP contribution in [-0.4, -0.2) is 14.2 Å². The molecular formula is C17H24ClNO3. The van der Waals surface area contributed by atoms with Crippen molar-refractivity contribution in [3.8, 4) is 11.5 Å². The van der Waals surface area contributed by atoms with Crippen molar-refractivity contribution < 1.29 is 13.9 Å². The predicted octanol–water partition coefficient (Wildman–Crippen LogP) is 4.19. The van der Waals surface area contributed by atoms with E-state index in [-0.39, 0.29) is 18.4 Å². The molecule has 0 saturated carbocycles. The van der Waals surface area contributed by atoms with E-state index in [1.807, 2.05) is 32.0 Å². The Morgan fingerprint density at radius 1 is 1.18 bits per heavy atom. The van der Waals surface area contributed by atoms with Gasteiger partial charge in [0.25, 0.3) is 0 Å². The lowest BCUT2D eigenvalue weighted by Crippen LogP contribution is -2.18. The molecule has 1 aromatic heterocycles. The first-order valence-electron chi connectivity index (χ1n) is 7.07. The summed E-state index contributed by atoms with van der Waals surface area (Å²) in [6, 6.07) is 8.19. The van der Waals surface area contributed by atoms with Crippen molar-refractivity contribution in [2.75, 3.05) is 14.2 Å². The smallest absolute Gasteiger partial charge is 0.165 e. The number of furan rings is 1. The Bertz CT molecular complexity index is 610. The van der Waals surface area contributed by atoms with Gasteiger partial charge < -0.3 is 19.2 Å². The van der Waals surface area contributed by atoms with E-state index in [1.165, 1.54) is 5.56 Å². The van der Waals surface area contributed by atoms with Crippen molar-refractivity contribution >= 4 is 12.4 Å². The zero-order chi connectivity index (χ0) is 15.4. The summed E-state index contributed by atoms with van der Waals surface area (Å²) < 4.78 is 16.4. The molecule has 1 aromatic carbocycles. The van der Waals surface area contributed by atoms with Gasteiger partial charge in [-0.3, -0.25) is 0 Å². The summed E-state index contributed by atoms with van der Waals surface area (Å²) in [5, 5.41) is 3.50. The van der Waals surface area contributed by atoms with Crippen molar-refractivity contribution in [1.29, 1.82) is 0 Å². The van der Waals surface area contributed by atoms with Crippen LogP contribution in [0.2, 0.25) is 0 Å². The number of hydrogen-bond acceptors (Lipinski definition) is 4. The Balaban J connectivity index is 0.00000242. The molecule has 122 valence electrons. The van der Waals surface area contributed by atoms with Crippen molar-refractivity contribution in [2.45, 2.75) is 33.4 Å². The monoisotopic (exact) mass is 325 g/mol. The van der Waals surface area contributed by atoms with Gasteiger partial charge in [0.1, 0.15) is 11.5 Å². The van der Waals surface area contributed by atoms with Crippen molar-refractivity contribution in [3.63, 3.8) is 0 Å². The maximum atomic E-state index is 5.58.